The number of carboxylic acids is 1. The molecule has 0 unspecified atom stereocenters. The van der Waals surface area contributed by atoms with E-state index in [0.29, 0.717) is 24.7 Å². The predicted molar refractivity (Wildman–Crippen MR) is 99.9 cm³/mol. The third kappa shape index (κ3) is 5.03. The van der Waals surface area contributed by atoms with Crippen LogP contribution in [0.1, 0.15) is 5.56 Å². The Morgan fingerprint density at radius 1 is 1.08 bits per heavy atom. The number of hydrogen-bond acceptors (Lipinski definition) is 5. The van der Waals surface area contributed by atoms with E-state index in [4.69, 9.17) is 14.6 Å². The molecule has 0 fully saturated rings. The minimum atomic E-state index is -1.00. The molecule has 0 spiro atoms. The number of thioether (sulfide) groups is 1. The van der Waals surface area contributed by atoms with Gasteiger partial charge in [-0.3, -0.25) is 4.79 Å². The van der Waals surface area contributed by atoms with Crippen molar-refractivity contribution < 1.29 is 24.2 Å². The van der Waals surface area contributed by atoms with Gasteiger partial charge >= 0.3 is 5.97 Å². The van der Waals surface area contributed by atoms with Crippen molar-refractivity contribution in [1.82, 2.24) is 0 Å². The van der Waals surface area contributed by atoms with Gasteiger partial charge in [0.05, 0.1) is 5.75 Å². The van der Waals surface area contributed by atoms with Crippen LogP contribution in [0, 0.1) is 0 Å². The SMILES string of the molecule is O=C(O)/C=C/c1ccc(NC(=O)CSc2ccc3c(c2)OCCO3)cc1. The lowest BCUT2D eigenvalue weighted by atomic mass is 10.2. The summed E-state index contributed by atoms with van der Waals surface area (Å²) in [6, 6.07) is 12.6. The maximum absolute atomic E-state index is 12.1. The number of carbonyl (C=O) groups is 2. The van der Waals surface area contributed by atoms with Gasteiger partial charge in [0, 0.05) is 16.7 Å². The normalized spacial score (nSPS) is 12.8. The Kier molecular flexibility index (Phi) is 5.80. The van der Waals surface area contributed by atoms with Crippen LogP contribution in [0.2, 0.25) is 0 Å². The Bertz CT molecular complexity index is 832. The molecule has 0 atom stereocenters. The van der Waals surface area contributed by atoms with Gasteiger partial charge in [-0.25, -0.2) is 4.79 Å². The maximum atomic E-state index is 12.1. The minimum Gasteiger partial charge on any atom is -0.486 e. The molecule has 1 amide bonds. The topological polar surface area (TPSA) is 84.9 Å². The Balaban J connectivity index is 1.52. The molecule has 134 valence electrons. The molecule has 6 nitrogen and oxygen atoms in total. The zero-order valence-electron chi connectivity index (χ0n) is 13.8. The van der Waals surface area contributed by atoms with Gasteiger partial charge in [-0.2, -0.15) is 0 Å². The smallest absolute Gasteiger partial charge is 0.328 e. The first-order chi connectivity index (χ1) is 12.6. The highest BCUT2D eigenvalue weighted by Crippen LogP contribution is 2.34. The van der Waals surface area contributed by atoms with Gasteiger partial charge < -0.3 is 19.9 Å². The van der Waals surface area contributed by atoms with Gasteiger partial charge in [0.15, 0.2) is 11.5 Å². The first kappa shape index (κ1) is 17.9. The van der Waals surface area contributed by atoms with E-state index in [2.05, 4.69) is 5.32 Å². The van der Waals surface area contributed by atoms with Crippen LogP contribution in [0.15, 0.2) is 53.4 Å². The standard InChI is InChI=1S/C19H17NO5S/c21-18(20-14-4-1-13(2-5-14)3-8-19(22)23)12-26-15-6-7-16-17(11-15)25-10-9-24-16/h1-8,11H,9-10,12H2,(H,20,21)(H,22,23)/b8-3+. The largest absolute Gasteiger partial charge is 0.486 e. The number of ether oxygens (including phenoxy) is 2. The highest BCUT2D eigenvalue weighted by molar-refractivity contribution is 8.00. The average molecular weight is 371 g/mol. The van der Waals surface area contributed by atoms with Crippen LogP contribution in [0.3, 0.4) is 0 Å². The van der Waals surface area contributed by atoms with Crippen molar-refractivity contribution in [1.29, 1.82) is 0 Å². The number of nitrogens with one attached hydrogen (secondary N) is 1. The second kappa shape index (κ2) is 8.44. The summed E-state index contributed by atoms with van der Waals surface area (Å²) in [5, 5.41) is 11.4. The van der Waals surface area contributed by atoms with E-state index in [1.165, 1.54) is 17.8 Å². The number of aliphatic carboxylic acids is 1. The van der Waals surface area contributed by atoms with Crippen molar-refractivity contribution >= 4 is 35.4 Å². The molecule has 3 rings (SSSR count). The van der Waals surface area contributed by atoms with Crippen molar-refractivity contribution in [3.05, 3.63) is 54.1 Å². The van der Waals surface area contributed by atoms with Crippen molar-refractivity contribution in [3.8, 4) is 11.5 Å². The van der Waals surface area contributed by atoms with E-state index < -0.39 is 5.97 Å². The number of anilines is 1. The first-order valence-electron chi connectivity index (χ1n) is 7.93. The predicted octanol–water partition coefficient (Wildman–Crippen LogP) is 3.29. The number of hydrogen-bond donors (Lipinski definition) is 2. The molecule has 0 bridgehead atoms. The van der Waals surface area contributed by atoms with Gasteiger partial charge in [-0.1, -0.05) is 12.1 Å². The quantitative estimate of drug-likeness (QED) is 0.599. The number of carboxylic acid groups (broad SMARTS) is 1. The van der Waals surface area contributed by atoms with Crippen LogP contribution in [0.4, 0.5) is 5.69 Å². The Morgan fingerprint density at radius 2 is 1.81 bits per heavy atom. The van der Waals surface area contributed by atoms with Crippen molar-refractivity contribution in [2.75, 3.05) is 24.3 Å². The van der Waals surface area contributed by atoms with E-state index >= 15 is 0 Å². The molecule has 0 radical (unpaired) electrons. The van der Waals surface area contributed by atoms with Gasteiger partial charge in [0.2, 0.25) is 5.91 Å². The summed E-state index contributed by atoms with van der Waals surface area (Å²) in [6.07, 6.45) is 2.56. The molecule has 0 saturated carbocycles. The van der Waals surface area contributed by atoms with Crippen molar-refractivity contribution in [2.24, 2.45) is 0 Å². The molecular formula is C19H17NO5S. The average Bonchev–Trinajstić information content (AvgIpc) is 2.65. The van der Waals surface area contributed by atoms with E-state index in [1.54, 1.807) is 24.3 Å². The highest BCUT2D eigenvalue weighted by atomic mass is 32.2. The fourth-order valence-electron chi connectivity index (χ4n) is 2.30. The molecule has 1 heterocycles. The fraction of sp³-hybridized carbons (Fsp3) is 0.158. The minimum absolute atomic E-state index is 0.126. The van der Waals surface area contributed by atoms with E-state index in [0.717, 1.165) is 22.3 Å². The van der Waals surface area contributed by atoms with Crippen LogP contribution in [-0.2, 0) is 9.59 Å². The number of fused-ring (bicyclic) bond motifs is 1. The molecule has 2 N–H and O–H groups in total. The van der Waals surface area contributed by atoms with Crippen LogP contribution in [0.25, 0.3) is 6.08 Å². The summed E-state index contributed by atoms with van der Waals surface area (Å²) in [5.41, 5.74) is 1.40. The number of amides is 1. The van der Waals surface area contributed by atoms with Crippen molar-refractivity contribution in [2.45, 2.75) is 4.90 Å². The molecule has 26 heavy (non-hydrogen) atoms. The summed E-state index contributed by atoms with van der Waals surface area (Å²) in [5.74, 6) is 0.561. The van der Waals surface area contributed by atoms with E-state index in [-0.39, 0.29) is 11.7 Å². The monoisotopic (exact) mass is 371 g/mol. The second-order valence-corrected chi connectivity index (χ2v) is 6.48. The molecule has 1 aliphatic rings. The molecule has 2 aromatic rings. The van der Waals surface area contributed by atoms with Crippen LogP contribution in [-0.4, -0.2) is 35.9 Å². The fourth-order valence-corrected chi connectivity index (χ4v) is 3.03. The summed E-state index contributed by atoms with van der Waals surface area (Å²) in [7, 11) is 0. The molecule has 0 aliphatic carbocycles. The van der Waals surface area contributed by atoms with Crippen LogP contribution < -0.4 is 14.8 Å². The molecule has 0 aromatic heterocycles. The Labute approximate surface area is 154 Å². The third-order valence-electron chi connectivity index (χ3n) is 3.50. The lowest BCUT2D eigenvalue weighted by molar-refractivity contribution is -0.131. The summed E-state index contributed by atoms with van der Waals surface area (Å²) in [4.78, 5) is 23.5. The second-order valence-electron chi connectivity index (χ2n) is 5.44. The van der Waals surface area contributed by atoms with Crippen LogP contribution >= 0.6 is 11.8 Å². The molecule has 0 saturated heterocycles. The summed E-state index contributed by atoms with van der Waals surface area (Å²) >= 11 is 1.41. The van der Waals surface area contributed by atoms with Gasteiger partial charge in [0.25, 0.3) is 0 Å². The van der Waals surface area contributed by atoms with Gasteiger partial charge in [0.1, 0.15) is 13.2 Å². The third-order valence-corrected chi connectivity index (χ3v) is 4.49. The lowest BCUT2D eigenvalue weighted by Gasteiger charge is -2.18. The van der Waals surface area contributed by atoms with E-state index in [1.807, 2.05) is 18.2 Å². The lowest BCUT2D eigenvalue weighted by Crippen LogP contribution is -2.15. The number of benzene rings is 2. The summed E-state index contributed by atoms with van der Waals surface area (Å²) < 4.78 is 11.0. The van der Waals surface area contributed by atoms with Gasteiger partial charge in [-0.15, -0.1) is 11.8 Å². The highest BCUT2D eigenvalue weighted by Gasteiger charge is 2.12. The van der Waals surface area contributed by atoms with Gasteiger partial charge in [-0.05, 0) is 42.0 Å². The zero-order chi connectivity index (χ0) is 18.4. The zero-order valence-corrected chi connectivity index (χ0v) is 14.6. The molecule has 1 aliphatic heterocycles. The molecule has 7 heteroatoms. The number of carbonyl (C=O) groups excluding carboxylic acids is 1. The first-order valence-corrected chi connectivity index (χ1v) is 8.92. The number of rotatable bonds is 6. The Morgan fingerprint density at radius 3 is 2.54 bits per heavy atom. The Hall–Kier alpha value is -2.93. The maximum Gasteiger partial charge on any atom is 0.328 e. The molecular weight excluding hydrogens is 354 g/mol. The summed E-state index contributed by atoms with van der Waals surface area (Å²) in [6.45, 7) is 1.08. The van der Waals surface area contributed by atoms with E-state index in [9.17, 15) is 9.59 Å². The van der Waals surface area contributed by atoms with Crippen molar-refractivity contribution in [3.63, 3.8) is 0 Å². The van der Waals surface area contributed by atoms with Crippen LogP contribution in [0.5, 0.6) is 11.5 Å². The molecule has 2 aromatic carbocycles.